The van der Waals surface area contributed by atoms with Crippen LogP contribution in [0.5, 0.6) is 0 Å². The van der Waals surface area contributed by atoms with Gasteiger partial charge in [0.15, 0.2) is 0 Å². The molecule has 116 valence electrons. The SMILES string of the molecule is CC1=NN(C2C=CC=CC2)C(=O)C1C([C@H](C)O)S(=O)(=O)O. The van der Waals surface area contributed by atoms with Crippen LogP contribution in [0.15, 0.2) is 29.4 Å². The summed E-state index contributed by atoms with van der Waals surface area (Å²) in [6.45, 7) is 2.75. The van der Waals surface area contributed by atoms with E-state index in [0.29, 0.717) is 6.42 Å². The van der Waals surface area contributed by atoms with Gasteiger partial charge in [-0.15, -0.1) is 0 Å². The lowest BCUT2D eigenvalue weighted by atomic mass is 9.96. The molecule has 1 aliphatic heterocycles. The Hall–Kier alpha value is -1.51. The minimum Gasteiger partial charge on any atom is -0.392 e. The fourth-order valence-corrected chi connectivity index (χ4v) is 3.82. The zero-order chi connectivity index (χ0) is 15.8. The zero-order valence-corrected chi connectivity index (χ0v) is 12.6. The van der Waals surface area contributed by atoms with Gasteiger partial charge in [0.1, 0.15) is 11.2 Å². The molecular formula is C13H18N2O5S. The second kappa shape index (κ2) is 5.70. The molecule has 7 nitrogen and oxygen atoms in total. The summed E-state index contributed by atoms with van der Waals surface area (Å²) in [7, 11) is -4.58. The average Bonchev–Trinajstić information content (AvgIpc) is 2.66. The summed E-state index contributed by atoms with van der Waals surface area (Å²) in [4.78, 5) is 12.5. The minimum absolute atomic E-state index is 0.270. The fourth-order valence-electron chi connectivity index (χ4n) is 2.67. The highest BCUT2D eigenvalue weighted by atomic mass is 32.2. The van der Waals surface area contributed by atoms with E-state index in [4.69, 9.17) is 0 Å². The number of rotatable bonds is 4. The molecule has 8 heteroatoms. The maximum absolute atomic E-state index is 12.5. The van der Waals surface area contributed by atoms with Gasteiger partial charge in [-0.3, -0.25) is 9.35 Å². The molecule has 0 saturated heterocycles. The maximum Gasteiger partial charge on any atom is 0.271 e. The van der Waals surface area contributed by atoms with Gasteiger partial charge in [-0.1, -0.05) is 24.3 Å². The minimum atomic E-state index is -4.58. The van der Waals surface area contributed by atoms with Gasteiger partial charge in [-0.25, -0.2) is 5.01 Å². The van der Waals surface area contributed by atoms with Crippen LogP contribution in [0, 0.1) is 5.92 Å². The van der Waals surface area contributed by atoms with Gasteiger partial charge in [-0.2, -0.15) is 13.5 Å². The number of hydrogen-bond donors (Lipinski definition) is 2. The second-order valence-electron chi connectivity index (χ2n) is 5.24. The lowest BCUT2D eigenvalue weighted by Gasteiger charge is -2.26. The number of hydrogen-bond acceptors (Lipinski definition) is 5. The third-order valence-electron chi connectivity index (χ3n) is 3.63. The number of amides is 1. The van der Waals surface area contributed by atoms with Crippen molar-refractivity contribution >= 4 is 21.7 Å². The predicted molar refractivity (Wildman–Crippen MR) is 77.1 cm³/mol. The van der Waals surface area contributed by atoms with E-state index >= 15 is 0 Å². The third kappa shape index (κ3) is 3.07. The van der Waals surface area contributed by atoms with Gasteiger partial charge in [0.25, 0.3) is 16.0 Å². The summed E-state index contributed by atoms with van der Waals surface area (Å²) in [5.74, 6) is -1.69. The van der Waals surface area contributed by atoms with E-state index in [9.17, 15) is 22.9 Å². The highest BCUT2D eigenvalue weighted by molar-refractivity contribution is 7.86. The summed E-state index contributed by atoms with van der Waals surface area (Å²) < 4.78 is 32.3. The van der Waals surface area contributed by atoms with E-state index in [1.807, 2.05) is 12.2 Å². The first kappa shape index (κ1) is 15.9. The van der Waals surface area contributed by atoms with E-state index in [2.05, 4.69) is 5.10 Å². The Balaban J connectivity index is 2.31. The Morgan fingerprint density at radius 1 is 1.43 bits per heavy atom. The number of nitrogens with zero attached hydrogens (tertiary/aromatic N) is 2. The molecule has 0 aromatic carbocycles. The van der Waals surface area contributed by atoms with Gasteiger partial charge in [-0.05, 0) is 20.3 Å². The van der Waals surface area contributed by atoms with Crippen molar-refractivity contribution in [3.63, 3.8) is 0 Å². The van der Waals surface area contributed by atoms with Crippen LogP contribution >= 0.6 is 0 Å². The molecule has 0 radical (unpaired) electrons. The number of allylic oxidation sites excluding steroid dienone is 2. The molecule has 2 aliphatic rings. The van der Waals surface area contributed by atoms with E-state index in [0.717, 1.165) is 0 Å². The molecule has 3 unspecified atom stereocenters. The Morgan fingerprint density at radius 2 is 2.10 bits per heavy atom. The first-order valence-corrected chi connectivity index (χ1v) is 8.09. The Kier molecular flexibility index (Phi) is 4.31. The highest BCUT2D eigenvalue weighted by Crippen LogP contribution is 2.28. The van der Waals surface area contributed by atoms with Crippen molar-refractivity contribution in [2.24, 2.45) is 11.0 Å². The first-order chi connectivity index (χ1) is 9.73. The number of carbonyl (C=O) groups excluding carboxylic acids is 1. The quantitative estimate of drug-likeness (QED) is 0.728. The molecule has 4 atom stereocenters. The molecule has 2 N–H and O–H groups in total. The van der Waals surface area contributed by atoms with Crippen molar-refractivity contribution in [2.75, 3.05) is 0 Å². The van der Waals surface area contributed by atoms with E-state index in [-0.39, 0.29) is 11.8 Å². The number of carbonyl (C=O) groups is 1. The molecule has 0 bridgehead atoms. The molecule has 1 amide bonds. The molecule has 2 rings (SSSR count). The second-order valence-corrected chi connectivity index (χ2v) is 6.81. The van der Waals surface area contributed by atoms with Crippen molar-refractivity contribution < 1.29 is 22.9 Å². The lowest BCUT2D eigenvalue weighted by Crippen LogP contribution is -2.47. The van der Waals surface area contributed by atoms with Crippen molar-refractivity contribution in [1.82, 2.24) is 5.01 Å². The van der Waals surface area contributed by atoms with Crippen LogP contribution in [0.3, 0.4) is 0 Å². The van der Waals surface area contributed by atoms with E-state index in [1.54, 1.807) is 12.2 Å². The molecule has 0 fully saturated rings. The summed E-state index contributed by atoms with van der Waals surface area (Å²) in [6, 6.07) is -0.279. The normalized spacial score (nSPS) is 28.7. The van der Waals surface area contributed by atoms with Crippen LogP contribution in [0.1, 0.15) is 20.3 Å². The summed E-state index contributed by atoms with van der Waals surface area (Å²) in [5.41, 5.74) is 0.270. The summed E-state index contributed by atoms with van der Waals surface area (Å²) in [6.07, 6.45) is 6.50. The lowest BCUT2D eigenvalue weighted by molar-refractivity contribution is -0.133. The first-order valence-electron chi connectivity index (χ1n) is 6.59. The predicted octanol–water partition coefficient (Wildman–Crippen LogP) is 0.343. The molecule has 0 spiro atoms. The topological polar surface area (TPSA) is 107 Å². The van der Waals surface area contributed by atoms with E-state index < -0.39 is 33.3 Å². The van der Waals surface area contributed by atoms with Crippen LogP contribution in [0.2, 0.25) is 0 Å². The zero-order valence-electron chi connectivity index (χ0n) is 11.7. The van der Waals surface area contributed by atoms with Crippen LogP contribution in [-0.4, -0.2) is 52.1 Å². The molecular weight excluding hydrogens is 296 g/mol. The van der Waals surface area contributed by atoms with E-state index in [1.165, 1.54) is 18.9 Å². The number of aliphatic hydroxyl groups is 1. The smallest absolute Gasteiger partial charge is 0.271 e. The standard InChI is InChI=1S/C13H18N2O5S/c1-8-11(12(9(2)16)21(18,19)20)13(17)15(14-8)10-6-4-3-5-7-10/h3-6,9-12,16H,7H2,1-2H3,(H,18,19,20)/t9-,10?,11?,12?/m0/s1. The summed E-state index contributed by atoms with van der Waals surface area (Å²) in [5, 5.41) is 13.4. The molecule has 0 aromatic rings. The van der Waals surface area contributed by atoms with Crippen LogP contribution in [0.25, 0.3) is 0 Å². The van der Waals surface area contributed by atoms with Crippen LogP contribution < -0.4 is 0 Å². The largest absolute Gasteiger partial charge is 0.392 e. The van der Waals surface area contributed by atoms with Crippen molar-refractivity contribution in [2.45, 2.75) is 37.7 Å². The molecule has 1 heterocycles. The monoisotopic (exact) mass is 314 g/mol. The van der Waals surface area contributed by atoms with Gasteiger partial charge < -0.3 is 5.11 Å². The van der Waals surface area contributed by atoms with Crippen LogP contribution in [0.4, 0.5) is 0 Å². The van der Waals surface area contributed by atoms with Crippen LogP contribution in [-0.2, 0) is 14.9 Å². The number of aliphatic hydroxyl groups excluding tert-OH is 1. The highest BCUT2D eigenvalue weighted by Gasteiger charge is 2.48. The van der Waals surface area contributed by atoms with Gasteiger partial charge >= 0.3 is 0 Å². The Bertz CT molecular complexity index is 620. The molecule has 1 aliphatic carbocycles. The molecule has 0 saturated carbocycles. The molecule has 0 aromatic heterocycles. The van der Waals surface area contributed by atoms with Gasteiger partial charge in [0.05, 0.1) is 12.1 Å². The fraction of sp³-hybridized carbons (Fsp3) is 0.538. The Morgan fingerprint density at radius 3 is 2.57 bits per heavy atom. The average molecular weight is 314 g/mol. The maximum atomic E-state index is 12.5. The number of hydrazone groups is 1. The van der Waals surface area contributed by atoms with Crippen molar-refractivity contribution in [3.8, 4) is 0 Å². The molecule has 21 heavy (non-hydrogen) atoms. The van der Waals surface area contributed by atoms with Gasteiger partial charge in [0, 0.05) is 5.71 Å². The van der Waals surface area contributed by atoms with Gasteiger partial charge in [0.2, 0.25) is 0 Å². The third-order valence-corrected chi connectivity index (χ3v) is 4.98. The summed E-state index contributed by atoms with van der Waals surface area (Å²) >= 11 is 0. The van der Waals surface area contributed by atoms with Crippen molar-refractivity contribution in [3.05, 3.63) is 24.3 Å². The Labute approximate surface area is 123 Å². The van der Waals surface area contributed by atoms with Crippen molar-refractivity contribution in [1.29, 1.82) is 0 Å².